The molecule has 98 valence electrons. The van der Waals surface area contributed by atoms with Gasteiger partial charge in [-0.1, -0.05) is 17.7 Å². The standard InChI is InChI=1S/C14H13NO3S/c1-8-3-4-9(2)11(7-8)12(16)15-13-10(14(17)18)5-6-19-13/h3-7H,1-2H3,(H,15,16)(H,17,18). The highest BCUT2D eigenvalue weighted by atomic mass is 32.1. The van der Waals surface area contributed by atoms with Crippen LogP contribution in [0, 0.1) is 13.8 Å². The number of aromatic carboxylic acids is 1. The summed E-state index contributed by atoms with van der Waals surface area (Å²) in [6.45, 7) is 3.75. The van der Waals surface area contributed by atoms with Gasteiger partial charge in [0.25, 0.3) is 5.91 Å². The Bertz CT molecular complexity index is 646. The fourth-order valence-electron chi connectivity index (χ4n) is 1.73. The molecule has 19 heavy (non-hydrogen) atoms. The first-order valence-electron chi connectivity index (χ1n) is 5.68. The predicted octanol–water partition coefficient (Wildman–Crippen LogP) is 3.32. The molecule has 0 aliphatic heterocycles. The lowest BCUT2D eigenvalue weighted by atomic mass is 10.1. The summed E-state index contributed by atoms with van der Waals surface area (Å²) >= 11 is 1.20. The highest BCUT2D eigenvalue weighted by Crippen LogP contribution is 2.24. The molecule has 1 heterocycles. The number of aryl methyl sites for hydroxylation is 2. The largest absolute Gasteiger partial charge is 0.478 e. The normalized spacial score (nSPS) is 10.2. The summed E-state index contributed by atoms with van der Waals surface area (Å²) in [5.74, 6) is -1.33. The van der Waals surface area contributed by atoms with Crippen LogP contribution in [0.5, 0.6) is 0 Å². The fraction of sp³-hybridized carbons (Fsp3) is 0.143. The maximum absolute atomic E-state index is 12.2. The molecule has 0 aliphatic carbocycles. The molecule has 1 aromatic carbocycles. The van der Waals surface area contributed by atoms with Crippen molar-refractivity contribution in [1.82, 2.24) is 0 Å². The molecule has 1 aromatic heterocycles. The third-order valence-corrected chi connectivity index (χ3v) is 3.59. The minimum atomic E-state index is -1.04. The highest BCUT2D eigenvalue weighted by molar-refractivity contribution is 7.14. The first-order chi connectivity index (χ1) is 8.99. The number of carboxylic acids is 1. The van der Waals surface area contributed by atoms with Gasteiger partial charge in [0.2, 0.25) is 0 Å². The van der Waals surface area contributed by atoms with Crippen molar-refractivity contribution in [3.63, 3.8) is 0 Å². The number of amides is 1. The van der Waals surface area contributed by atoms with Gasteiger partial charge in [0.1, 0.15) is 5.00 Å². The fourth-order valence-corrected chi connectivity index (χ4v) is 2.50. The van der Waals surface area contributed by atoms with Gasteiger partial charge in [0.05, 0.1) is 5.56 Å². The molecular formula is C14H13NO3S. The quantitative estimate of drug-likeness (QED) is 0.903. The molecule has 0 saturated carbocycles. The number of thiophene rings is 1. The zero-order valence-electron chi connectivity index (χ0n) is 10.6. The van der Waals surface area contributed by atoms with Gasteiger partial charge >= 0.3 is 5.97 Å². The van der Waals surface area contributed by atoms with Gasteiger partial charge < -0.3 is 10.4 Å². The van der Waals surface area contributed by atoms with E-state index in [1.807, 2.05) is 26.0 Å². The summed E-state index contributed by atoms with van der Waals surface area (Å²) < 4.78 is 0. The molecule has 0 atom stereocenters. The van der Waals surface area contributed by atoms with E-state index in [9.17, 15) is 9.59 Å². The number of carbonyl (C=O) groups is 2. The molecule has 2 N–H and O–H groups in total. The highest BCUT2D eigenvalue weighted by Gasteiger charge is 2.16. The molecule has 2 aromatic rings. The zero-order valence-corrected chi connectivity index (χ0v) is 11.4. The molecule has 0 bridgehead atoms. The number of hydrogen-bond donors (Lipinski definition) is 2. The average Bonchev–Trinajstić information content (AvgIpc) is 2.80. The van der Waals surface area contributed by atoms with E-state index in [1.165, 1.54) is 17.4 Å². The van der Waals surface area contributed by atoms with Crippen LogP contribution < -0.4 is 5.32 Å². The average molecular weight is 275 g/mol. The Kier molecular flexibility index (Phi) is 3.66. The van der Waals surface area contributed by atoms with Crippen LogP contribution in [0.4, 0.5) is 5.00 Å². The van der Waals surface area contributed by atoms with Crippen LogP contribution in [0.25, 0.3) is 0 Å². The van der Waals surface area contributed by atoms with E-state index in [2.05, 4.69) is 5.32 Å². The summed E-state index contributed by atoms with van der Waals surface area (Å²) in [6.07, 6.45) is 0. The molecule has 0 unspecified atom stereocenters. The van der Waals surface area contributed by atoms with E-state index >= 15 is 0 Å². The topological polar surface area (TPSA) is 66.4 Å². The zero-order chi connectivity index (χ0) is 14.0. The molecule has 0 fully saturated rings. The molecule has 4 nitrogen and oxygen atoms in total. The van der Waals surface area contributed by atoms with Crippen LogP contribution in [0.1, 0.15) is 31.8 Å². The Balaban J connectivity index is 2.28. The number of carbonyl (C=O) groups excluding carboxylic acids is 1. The third-order valence-electron chi connectivity index (χ3n) is 2.76. The van der Waals surface area contributed by atoms with Crippen molar-refractivity contribution in [2.75, 3.05) is 5.32 Å². The molecule has 5 heteroatoms. The molecular weight excluding hydrogens is 262 g/mol. The van der Waals surface area contributed by atoms with Crippen molar-refractivity contribution in [1.29, 1.82) is 0 Å². The lowest BCUT2D eigenvalue weighted by Gasteiger charge is -2.08. The van der Waals surface area contributed by atoms with Crippen molar-refractivity contribution < 1.29 is 14.7 Å². The van der Waals surface area contributed by atoms with Crippen molar-refractivity contribution in [3.8, 4) is 0 Å². The van der Waals surface area contributed by atoms with Crippen molar-refractivity contribution in [2.45, 2.75) is 13.8 Å². The Morgan fingerprint density at radius 1 is 1.16 bits per heavy atom. The molecule has 2 rings (SSSR count). The molecule has 0 saturated heterocycles. The summed E-state index contributed by atoms with van der Waals surface area (Å²) in [5.41, 5.74) is 2.52. The number of nitrogens with one attached hydrogen (secondary N) is 1. The number of hydrogen-bond acceptors (Lipinski definition) is 3. The molecule has 1 amide bonds. The number of rotatable bonds is 3. The van der Waals surface area contributed by atoms with E-state index in [0.29, 0.717) is 10.6 Å². The lowest BCUT2D eigenvalue weighted by Crippen LogP contribution is -2.14. The maximum Gasteiger partial charge on any atom is 0.338 e. The smallest absolute Gasteiger partial charge is 0.338 e. The minimum Gasteiger partial charge on any atom is -0.478 e. The van der Waals surface area contributed by atoms with E-state index in [1.54, 1.807) is 11.4 Å². The van der Waals surface area contributed by atoms with E-state index < -0.39 is 5.97 Å². The van der Waals surface area contributed by atoms with Crippen LogP contribution in [0.3, 0.4) is 0 Å². The summed E-state index contributed by atoms with van der Waals surface area (Å²) in [5, 5.41) is 13.6. The number of carboxylic acid groups (broad SMARTS) is 1. The van der Waals surface area contributed by atoms with E-state index in [4.69, 9.17) is 5.11 Å². The van der Waals surface area contributed by atoms with Crippen LogP contribution in [-0.2, 0) is 0 Å². The predicted molar refractivity (Wildman–Crippen MR) is 75.1 cm³/mol. The first kappa shape index (κ1) is 13.3. The Morgan fingerprint density at radius 2 is 1.89 bits per heavy atom. The molecule has 0 radical (unpaired) electrons. The van der Waals surface area contributed by atoms with Crippen LogP contribution >= 0.6 is 11.3 Å². The first-order valence-corrected chi connectivity index (χ1v) is 6.56. The van der Waals surface area contributed by atoms with Gasteiger partial charge in [0.15, 0.2) is 0 Å². The van der Waals surface area contributed by atoms with Gasteiger partial charge in [-0.15, -0.1) is 11.3 Å². The van der Waals surface area contributed by atoms with E-state index in [0.717, 1.165) is 11.1 Å². The second kappa shape index (κ2) is 5.24. The van der Waals surface area contributed by atoms with Crippen molar-refractivity contribution >= 4 is 28.2 Å². The van der Waals surface area contributed by atoms with E-state index in [-0.39, 0.29) is 11.5 Å². The Hall–Kier alpha value is -2.14. The van der Waals surface area contributed by atoms with Crippen molar-refractivity contribution in [3.05, 3.63) is 51.9 Å². The Morgan fingerprint density at radius 3 is 2.58 bits per heavy atom. The lowest BCUT2D eigenvalue weighted by molar-refractivity contribution is 0.0698. The third kappa shape index (κ3) is 2.82. The van der Waals surface area contributed by atoms with Gasteiger partial charge in [-0.2, -0.15) is 0 Å². The number of anilines is 1. The van der Waals surface area contributed by atoms with Gasteiger partial charge in [0, 0.05) is 5.56 Å². The summed E-state index contributed by atoms with van der Waals surface area (Å²) in [4.78, 5) is 23.1. The number of benzene rings is 1. The van der Waals surface area contributed by atoms with Gasteiger partial charge in [-0.3, -0.25) is 4.79 Å². The van der Waals surface area contributed by atoms with Crippen molar-refractivity contribution in [2.24, 2.45) is 0 Å². The second-order valence-corrected chi connectivity index (χ2v) is 5.16. The summed E-state index contributed by atoms with van der Waals surface area (Å²) in [6, 6.07) is 7.07. The van der Waals surface area contributed by atoms with Crippen LogP contribution in [0.2, 0.25) is 0 Å². The van der Waals surface area contributed by atoms with Gasteiger partial charge in [-0.25, -0.2) is 4.79 Å². The maximum atomic E-state index is 12.2. The molecule has 0 spiro atoms. The Labute approximate surface area is 114 Å². The van der Waals surface area contributed by atoms with Gasteiger partial charge in [-0.05, 0) is 36.9 Å². The summed E-state index contributed by atoms with van der Waals surface area (Å²) in [7, 11) is 0. The monoisotopic (exact) mass is 275 g/mol. The van der Waals surface area contributed by atoms with Crippen LogP contribution in [-0.4, -0.2) is 17.0 Å². The minimum absolute atomic E-state index is 0.114. The molecule has 0 aliphatic rings. The second-order valence-electron chi connectivity index (χ2n) is 4.24. The SMILES string of the molecule is Cc1ccc(C)c(C(=O)Nc2sccc2C(=O)O)c1. The van der Waals surface area contributed by atoms with Crippen LogP contribution in [0.15, 0.2) is 29.6 Å².